The number of hydrogen-bond donors (Lipinski definition) is 1. The van der Waals surface area contributed by atoms with E-state index < -0.39 is 5.97 Å². The Hall–Kier alpha value is -2.04. The van der Waals surface area contributed by atoms with E-state index in [0.29, 0.717) is 23.6 Å². The third-order valence-corrected chi connectivity index (χ3v) is 4.01. The van der Waals surface area contributed by atoms with Crippen molar-refractivity contribution in [1.82, 2.24) is 0 Å². The maximum absolute atomic E-state index is 12.0. The number of amides is 1. The van der Waals surface area contributed by atoms with Crippen LogP contribution < -0.4 is 5.32 Å². The van der Waals surface area contributed by atoms with Crippen molar-refractivity contribution in [1.29, 1.82) is 0 Å². The van der Waals surface area contributed by atoms with E-state index in [2.05, 4.69) is 5.32 Å². The Labute approximate surface area is 150 Å². The van der Waals surface area contributed by atoms with E-state index in [4.69, 9.17) is 27.9 Å². The highest BCUT2D eigenvalue weighted by Gasteiger charge is 2.13. The first kappa shape index (κ1) is 18.3. The van der Waals surface area contributed by atoms with Gasteiger partial charge in [-0.25, -0.2) is 4.79 Å². The second kappa shape index (κ2) is 8.71. The Kier molecular flexibility index (Phi) is 6.64. The predicted molar refractivity (Wildman–Crippen MR) is 95.8 cm³/mol. The number of carbonyl (C=O) groups is 2. The van der Waals surface area contributed by atoms with Gasteiger partial charge in [0.2, 0.25) is 5.91 Å². The van der Waals surface area contributed by atoms with Gasteiger partial charge < -0.3 is 10.1 Å². The number of carbonyl (C=O) groups excluding carboxylic acids is 2. The molecule has 0 aromatic heterocycles. The van der Waals surface area contributed by atoms with Crippen LogP contribution in [0, 0.1) is 0 Å². The van der Waals surface area contributed by atoms with Crippen LogP contribution in [-0.4, -0.2) is 18.5 Å². The number of rotatable bonds is 6. The summed E-state index contributed by atoms with van der Waals surface area (Å²) in [5, 5.41) is 3.63. The van der Waals surface area contributed by atoms with Gasteiger partial charge in [-0.1, -0.05) is 41.4 Å². The smallest absolute Gasteiger partial charge is 0.339 e. The molecule has 0 spiro atoms. The SMILES string of the molecule is CCOC(=O)c1ccc(NC(=O)CCc2ccccc2Cl)cc1Cl. The minimum absolute atomic E-state index is 0.158. The standard InChI is InChI=1S/C18H17Cl2NO3/c1-2-24-18(23)14-9-8-13(11-16(14)20)21-17(22)10-7-12-5-3-4-6-15(12)19/h3-6,8-9,11H,2,7,10H2,1H3,(H,21,22). The Morgan fingerprint density at radius 3 is 2.50 bits per heavy atom. The van der Waals surface area contributed by atoms with Crippen LogP contribution in [0.2, 0.25) is 10.0 Å². The van der Waals surface area contributed by atoms with Crippen molar-refractivity contribution in [2.45, 2.75) is 19.8 Å². The van der Waals surface area contributed by atoms with Crippen LogP contribution in [0.4, 0.5) is 5.69 Å². The number of esters is 1. The fourth-order valence-corrected chi connectivity index (χ4v) is 2.63. The average molecular weight is 366 g/mol. The lowest BCUT2D eigenvalue weighted by Gasteiger charge is -2.09. The van der Waals surface area contributed by atoms with E-state index in [-0.39, 0.29) is 23.1 Å². The van der Waals surface area contributed by atoms with Crippen LogP contribution >= 0.6 is 23.2 Å². The number of ether oxygens (including phenoxy) is 1. The minimum Gasteiger partial charge on any atom is -0.462 e. The molecule has 1 amide bonds. The molecule has 0 saturated heterocycles. The molecule has 0 heterocycles. The van der Waals surface area contributed by atoms with Gasteiger partial charge in [0.25, 0.3) is 0 Å². The zero-order valence-corrected chi connectivity index (χ0v) is 14.7. The largest absolute Gasteiger partial charge is 0.462 e. The molecular formula is C18H17Cl2NO3. The van der Waals surface area contributed by atoms with Crippen molar-refractivity contribution in [3.05, 3.63) is 63.6 Å². The molecule has 0 fully saturated rings. The summed E-state index contributed by atoms with van der Waals surface area (Å²) in [6.45, 7) is 2.00. The van der Waals surface area contributed by atoms with Gasteiger partial charge in [-0.05, 0) is 43.2 Å². The highest BCUT2D eigenvalue weighted by molar-refractivity contribution is 6.34. The molecule has 0 atom stereocenters. The van der Waals surface area contributed by atoms with Crippen molar-refractivity contribution < 1.29 is 14.3 Å². The molecule has 126 valence electrons. The molecule has 0 bridgehead atoms. The Balaban J connectivity index is 1.96. The maximum atomic E-state index is 12.0. The molecule has 0 saturated carbocycles. The lowest BCUT2D eigenvalue weighted by Crippen LogP contribution is -2.13. The van der Waals surface area contributed by atoms with E-state index >= 15 is 0 Å². The maximum Gasteiger partial charge on any atom is 0.339 e. The van der Waals surface area contributed by atoms with Crippen molar-refractivity contribution in [2.75, 3.05) is 11.9 Å². The Morgan fingerprint density at radius 2 is 1.83 bits per heavy atom. The first-order valence-corrected chi connectivity index (χ1v) is 8.26. The number of anilines is 1. The summed E-state index contributed by atoms with van der Waals surface area (Å²) < 4.78 is 4.91. The second-order valence-electron chi connectivity index (χ2n) is 5.05. The molecule has 2 rings (SSSR count). The van der Waals surface area contributed by atoms with Crippen LogP contribution in [0.25, 0.3) is 0 Å². The van der Waals surface area contributed by atoms with Gasteiger partial charge in [0.1, 0.15) is 0 Å². The van der Waals surface area contributed by atoms with Crippen LogP contribution in [0.3, 0.4) is 0 Å². The highest BCUT2D eigenvalue weighted by Crippen LogP contribution is 2.22. The number of halogens is 2. The number of nitrogens with one attached hydrogen (secondary N) is 1. The van der Waals surface area contributed by atoms with Crippen molar-refractivity contribution in [3.8, 4) is 0 Å². The molecule has 0 aliphatic carbocycles. The van der Waals surface area contributed by atoms with Crippen molar-refractivity contribution in [3.63, 3.8) is 0 Å². The Morgan fingerprint density at radius 1 is 1.08 bits per heavy atom. The zero-order valence-electron chi connectivity index (χ0n) is 13.1. The normalized spacial score (nSPS) is 10.3. The van der Waals surface area contributed by atoms with Crippen LogP contribution in [0.5, 0.6) is 0 Å². The summed E-state index contributed by atoms with van der Waals surface area (Å²) in [5.74, 6) is -0.644. The molecule has 4 nitrogen and oxygen atoms in total. The number of hydrogen-bond acceptors (Lipinski definition) is 3. The van der Waals surface area contributed by atoms with Crippen LogP contribution in [0.15, 0.2) is 42.5 Å². The highest BCUT2D eigenvalue weighted by atomic mass is 35.5. The minimum atomic E-state index is -0.487. The lowest BCUT2D eigenvalue weighted by molar-refractivity contribution is -0.116. The third-order valence-electron chi connectivity index (χ3n) is 3.33. The van der Waals surface area contributed by atoms with E-state index in [9.17, 15) is 9.59 Å². The molecule has 0 unspecified atom stereocenters. The van der Waals surface area contributed by atoms with Gasteiger partial charge in [0, 0.05) is 17.1 Å². The summed E-state index contributed by atoms with van der Waals surface area (Å²) in [7, 11) is 0. The topological polar surface area (TPSA) is 55.4 Å². The van der Waals surface area contributed by atoms with E-state index in [0.717, 1.165) is 5.56 Å². The van der Waals surface area contributed by atoms with Gasteiger partial charge in [-0.2, -0.15) is 0 Å². The first-order valence-electron chi connectivity index (χ1n) is 7.51. The van der Waals surface area contributed by atoms with Crippen molar-refractivity contribution in [2.24, 2.45) is 0 Å². The fourth-order valence-electron chi connectivity index (χ4n) is 2.14. The average Bonchev–Trinajstić information content (AvgIpc) is 2.54. The quantitative estimate of drug-likeness (QED) is 0.752. The monoisotopic (exact) mass is 365 g/mol. The Bertz CT molecular complexity index is 747. The van der Waals surface area contributed by atoms with Crippen molar-refractivity contribution >= 4 is 40.8 Å². The summed E-state index contributed by atoms with van der Waals surface area (Å²) in [4.78, 5) is 23.7. The molecule has 0 aliphatic heterocycles. The molecule has 0 aliphatic rings. The van der Waals surface area contributed by atoms with Gasteiger partial charge in [0.15, 0.2) is 0 Å². The van der Waals surface area contributed by atoms with Gasteiger partial charge in [0.05, 0.1) is 17.2 Å². The van der Waals surface area contributed by atoms with Crippen LogP contribution in [0.1, 0.15) is 29.3 Å². The number of benzene rings is 2. The summed E-state index contributed by atoms with van der Waals surface area (Å²) >= 11 is 12.1. The van der Waals surface area contributed by atoms with Gasteiger partial charge in [-0.15, -0.1) is 0 Å². The fraction of sp³-hybridized carbons (Fsp3) is 0.222. The third kappa shape index (κ3) is 4.98. The summed E-state index contributed by atoms with van der Waals surface area (Å²) in [6, 6.07) is 12.1. The molecular weight excluding hydrogens is 349 g/mol. The first-order chi connectivity index (χ1) is 11.5. The van der Waals surface area contributed by atoms with E-state index in [1.165, 1.54) is 12.1 Å². The number of aryl methyl sites for hydroxylation is 1. The lowest BCUT2D eigenvalue weighted by atomic mass is 10.1. The van der Waals surface area contributed by atoms with E-state index in [1.807, 2.05) is 18.2 Å². The van der Waals surface area contributed by atoms with Crippen LogP contribution in [-0.2, 0) is 16.0 Å². The van der Waals surface area contributed by atoms with Gasteiger partial charge in [-0.3, -0.25) is 4.79 Å². The predicted octanol–water partition coefficient (Wildman–Crippen LogP) is 4.74. The summed E-state index contributed by atoms with van der Waals surface area (Å²) in [5.41, 5.74) is 1.72. The van der Waals surface area contributed by atoms with E-state index in [1.54, 1.807) is 19.1 Å². The molecule has 0 radical (unpaired) electrons. The summed E-state index contributed by atoms with van der Waals surface area (Å²) in [6.07, 6.45) is 0.834. The van der Waals surface area contributed by atoms with Gasteiger partial charge >= 0.3 is 5.97 Å². The molecule has 2 aromatic carbocycles. The second-order valence-corrected chi connectivity index (χ2v) is 5.87. The zero-order chi connectivity index (χ0) is 17.5. The molecule has 2 aromatic rings. The molecule has 24 heavy (non-hydrogen) atoms. The molecule has 1 N–H and O–H groups in total. The molecule has 6 heteroatoms.